The smallest absolute Gasteiger partial charge is 0.272 e. The summed E-state index contributed by atoms with van der Waals surface area (Å²) in [5.41, 5.74) is 0.577. The Morgan fingerprint density at radius 3 is 2.59 bits per heavy atom. The van der Waals surface area contributed by atoms with Crippen LogP contribution in [0, 0.1) is 5.92 Å². The van der Waals surface area contributed by atoms with Crippen molar-refractivity contribution in [3.8, 4) is 5.75 Å². The molecule has 0 bridgehead atoms. The Kier molecular flexibility index (Phi) is 7.78. The van der Waals surface area contributed by atoms with Gasteiger partial charge in [-0.25, -0.2) is 0 Å². The predicted molar refractivity (Wildman–Crippen MR) is 131 cm³/mol. The highest BCUT2D eigenvalue weighted by Crippen LogP contribution is 2.29. The van der Waals surface area contributed by atoms with Crippen molar-refractivity contribution in [1.82, 2.24) is 24.5 Å². The molecule has 2 aromatic rings. The van der Waals surface area contributed by atoms with Gasteiger partial charge in [0.2, 0.25) is 5.91 Å². The normalized spacial score (nSPS) is 21.7. The van der Waals surface area contributed by atoms with E-state index in [-0.39, 0.29) is 29.9 Å². The molecule has 0 N–H and O–H groups in total. The molecule has 2 atom stereocenters. The van der Waals surface area contributed by atoms with E-state index >= 15 is 0 Å². The lowest BCUT2D eigenvalue weighted by molar-refractivity contribution is -0.135. The topological polar surface area (TPSA) is 70.9 Å². The summed E-state index contributed by atoms with van der Waals surface area (Å²) in [6, 6.07) is 9.19. The van der Waals surface area contributed by atoms with Gasteiger partial charge in [-0.15, -0.1) is 0 Å². The van der Waals surface area contributed by atoms with Crippen molar-refractivity contribution in [3.05, 3.63) is 47.2 Å². The summed E-state index contributed by atoms with van der Waals surface area (Å²) in [6.45, 7) is 8.26. The fourth-order valence-electron chi connectivity index (χ4n) is 4.73. The molecule has 1 aromatic heterocycles. The summed E-state index contributed by atoms with van der Waals surface area (Å²) < 4.78 is 8.07. The van der Waals surface area contributed by atoms with Crippen molar-refractivity contribution in [1.29, 1.82) is 0 Å². The maximum Gasteiger partial charge on any atom is 0.272 e. The number of carbonyl (C=O) groups excluding carboxylic acids is 2. The van der Waals surface area contributed by atoms with E-state index in [1.54, 1.807) is 23.0 Å². The van der Waals surface area contributed by atoms with Gasteiger partial charge in [-0.1, -0.05) is 17.7 Å². The lowest BCUT2D eigenvalue weighted by Crippen LogP contribution is -2.51. The average molecular weight is 488 g/mol. The number of carbonyl (C=O) groups is 2. The minimum Gasteiger partial charge on any atom is -0.490 e. The number of nitrogens with zero attached hydrogens (tertiary/aromatic N) is 5. The number of ether oxygens (including phenoxy) is 1. The summed E-state index contributed by atoms with van der Waals surface area (Å²) in [4.78, 5) is 32.6. The molecule has 34 heavy (non-hydrogen) atoms. The highest BCUT2D eigenvalue weighted by molar-refractivity contribution is 6.30. The van der Waals surface area contributed by atoms with Crippen LogP contribution < -0.4 is 4.74 Å². The number of likely N-dealkylation sites (N-methyl/N-ethyl adjacent to an activating group) is 1. The molecule has 2 amide bonds. The van der Waals surface area contributed by atoms with Crippen LogP contribution in [0.4, 0.5) is 0 Å². The van der Waals surface area contributed by atoms with Crippen LogP contribution in [0.25, 0.3) is 0 Å². The van der Waals surface area contributed by atoms with Crippen molar-refractivity contribution in [2.45, 2.75) is 38.8 Å². The third-order valence-electron chi connectivity index (χ3n) is 6.71. The molecule has 2 saturated heterocycles. The molecule has 0 radical (unpaired) electrons. The van der Waals surface area contributed by atoms with Crippen LogP contribution in [0.1, 0.15) is 43.2 Å². The van der Waals surface area contributed by atoms with Gasteiger partial charge < -0.3 is 19.4 Å². The monoisotopic (exact) mass is 487 g/mol. The van der Waals surface area contributed by atoms with Gasteiger partial charge in [0.15, 0.2) is 0 Å². The number of piperazine rings is 1. The Bertz CT molecular complexity index is 1000. The molecule has 9 heteroatoms. The van der Waals surface area contributed by atoms with Gasteiger partial charge >= 0.3 is 0 Å². The SMILES string of the molecule is CC(C)n1nccc1C(=O)N1CC[C@H](Oc2cccc(Cl)c2)[C@@H](CC(=O)N2CCN(C)CC2)C1. The number of benzene rings is 1. The first-order valence-electron chi connectivity index (χ1n) is 12.0. The Balaban J connectivity index is 1.50. The summed E-state index contributed by atoms with van der Waals surface area (Å²) >= 11 is 6.15. The number of hydrogen-bond acceptors (Lipinski definition) is 5. The molecule has 2 aliphatic heterocycles. The second-order valence-electron chi connectivity index (χ2n) is 9.56. The van der Waals surface area contributed by atoms with E-state index in [1.165, 1.54) is 0 Å². The van der Waals surface area contributed by atoms with E-state index in [4.69, 9.17) is 16.3 Å². The zero-order valence-corrected chi connectivity index (χ0v) is 20.9. The van der Waals surface area contributed by atoms with Crippen LogP contribution in [0.2, 0.25) is 5.02 Å². The lowest BCUT2D eigenvalue weighted by Gasteiger charge is -2.40. The quantitative estimate of drug-likeness (QED) is 0.625. The number of halogens is 1. The number of likely N-dealkylation sites (tertiary alicyclic amines) is 1. The molecule has 0 saturated carbocycles. The largest absolute Gasteiger partial charge is 0.490 e. The van der Waals surface area contributed by atoms with Crippen LogP contribution in [-0.4, -0.2) is 88.7 Å². The first kappa shape index (κ1) is 24.5. The maximum absolute atomic E-state index is 13.4. The molecule has 8 nitrogen and oxygen atoms in total. The van der Waals surface area contributed by atoms with E-state index in [2.05, 4.69) is 17.0 Å². The zero-order valence-electron chi connectivity index (χ0n) is 20.2. The molecule has 0 unspecified atom stereocenters. The number of rotatable bonds is 6. The molecule has 1 aromatic carbocycles. The van der Waals surface area contributed by atoms with Crippen molar-refractivity contribution < 1.29 is 14.3 Å². The molecular formula is C25H34ClN5O3. The van der Waals surface area contributed by atoms with Crippen LogP contribution in [0.15, 0.2) is 36.5 Å². The molecule has 184 valence electrons. The van der Waals surface area contributed by atoms with Crippen molar-refractivity contribution in [2.24, 2.45) is 5.92 Å². The van der Waals surface area contributed by atoms with Gasteiger partial charge in [-0.3, -0.25) is 14.3 Å². The fraction of sp³-hybridized carbons (Fsp3) is 0.560. The van der Waals surface area contributed by atoms with Crippen molar-refractivity contribution >= 4 is 23.4 Å². The standard InChI is InChI=1S/C25H34ClN5O3/c1-18(2)31-22(7-9-27-31)25(33)30-10-8-23(34-21-6-4-5-20(26)16-21)19(17-30)15-24(32)29-13-11-28(3)12-14-29/h4-7,9,16,18-19,23H,8,10-15,17H2,1-3H3/t19-,23-/m0/s1. The minimum atomic E-state index is -0.172. The Morgan fingerprint density at radius 1 is 1.12 bits per heavy atom. The Labute approximate surface area is 206 Å². The van der Waals surface area contributed by atoms with Crippen LogP contribution in [0.3, 0.4) is 0 Å². The maximum atomic E-state index is 13.4. The minimum absolute atomic E-state index is 0.0514. The lowest BCUT2D eigenvalue weighted by atomic mass is 9.90. The van der Waals surface area contributed by atoms with Gasteiger partial charge in [0.25, 0.3) is 5.91 Å². The van der Waals surface area contributed by atoms with E-state index in [9.17, 15) is 9.59 Å². The predicted octanol–water partition coefficient (Wildman–Crippen LogP) is 3.19. The number of amides is 2. The highest BCUT2D eigenvalue weighted by Gasteiger charge is 2.36. The summed E-state index contributed by atoms with van der Waals surface area (Å²) in [6.07, 6.45) is 2.49. The molecule has 0 aliphatic carbocycles. The molecule has 2 fully saturated rings. The van der Waals surface area contributed by atoms with Gasteiger partial charge in [0.1, 0.15) is 17.5 Å². The first-order chi connectivity index (χ1) is 16.3. The van der Waals surface area contributed by atoms with Crippen LogP contribution in [0.5, 0.6) is 5.75 Å². The molecule has 2 aliphatic rings. The molecule has 4 rings (SSSR count). The average Bonchev–Trinajstić information content (AvgIpc) is 3.30. The van der Waals surface area contributed by atoms with Gasteiger partial charge in [0, 0.05) is 75.3 Å². The Morgan fingerprint density at radius 2 is 1.88 bits per heavy atom. The molecule has 0 spiro atoms. The summed E-state index contributed by atoms with van der Waals surface area (Å²) in [7, 11) is 2.07. The third-order valence-corrected chi connectivity index (χ3v) is 6.94. The van der Waals surface area contributed by atoms with E-state index < -0.39 is 0 Å². The first-order valence-corrected chi connectivity index (χ1v) is 12.4. The highest BCUT2D eigenvalue weighted by atomic mass is 35.5. The van der Waals surface area contributed by atoms with E-state index in [1.807, 2.05) is 41.8 Å². The number of piperidine rings is 1. The summed E-state index contributed by atoms with van der Waals surface area (Å²) in [5, 5.41) is 4.92. The van der Waals surface area contributed by atoms with Gasteiger partial charge in [-0.2, -0.15) is 5.10 Å². The van der Waals surface area contributed by atoms with E-state index in [0.29, 0.717) is 42.4 Å². The Hall–Kier alpha value is -2.58. The van der Waals surface area contributed by atoms with Crippen molar-refractivity contribution in [2.75, 3.05) is 46.3 Å². The third kappa shape index (κ3) is 5.73. The van der Waals surface area contributed by atoms with Crippen molar-refractivity contribution in [3.63, 3.8) is 0 Å². The fourth-order valence-corrected chi connectivity index (χ4v) is 4.91. The van der Waals surface area contributed by atoms with Gasteiger partial charge in [-0.05, 0) is 45.2 Å². The van der Waals surface area contributed by atoms with E-state index in [0.717, 1.165) is 26.2 Å². The second-order valence-corrected chi connectivity index (χ2v) is 9.99. The zero-order chi connectivity index (χ0) is 24.2. The van der Waals surface area contributed by atoms with Crippen LogP contribution in [-0.2, 0) is 4.79 Å². The van der Waals surface area contributed by atoms with Crippen LogP contribution >= 0.6 is 11.6 Å². The second kappa shape index (κ2) is 10.8. The number of hydrogen-bond donors (Lipinski definition) is 0. The van der Waals surface area contributed by atoms with Gasteiger partial charge in [0.05, 0.1) is 0 Å². The summed E-state index contributed by atoms with van der Waals surface area (Å²) in [5.74, 6) is 0.648. The number of aromatic nitrogens is 2. The molecular weight excluding hydrogens is 454 g/mol. The molecule has 3 heterocycles.